The highest BCUT2D eigenvalue weighted by atomic mass is 16.3. The minimum absolute atomic E-state index is 0.0478. The van der Waals surface area contributed by atoms with Crippen LogP contribution < -0.4 is 10.7 Å². The molecule has 1 saturated heterocycles. The zero-order valence-corrected chi connectivity index (χ0v) is 14.0. The number of hydrogen-bond acceptors (Lipinski definition) is 4. The SMILES string of the molecule is CC(C1CC1)N1CC(C(=O)NCc2cc(=O)c(O)cn2C)CC1=O. The molecule has 2 heterocycles. The lowest BCUT2D eigenvalue weighted by Crippen LogP contribution is -2.38. The molecule has 0 radical (unpaired) electrons. The third-order valence-corrected chi connectivity index (χ3v) is 5.09. The molecule has 7 heteroatoms. The molecule has 1 aromatic rings. The molecule has 2 unspecified atom stereocenters. The predicted molar refractivity (Wildman–Crippen MR) is 87.2 cm³/mol. The predicted octanol–water partition coefficient (Wildman–Crippen LogP) is 0.354. The normalized spacial score (nSPS) is 21.8. The molecule has 0 aromatic carbocycles. The lowest BCUT2D eigenvalue weighted by Gasteiger charge is -2.24. The summed E-state index contributed by atoms with van der Waals surface area (Å²) in [4.78, 5) is 37.8. The maximum absolute atomic E-state index is 12.4. The molecule has 1 aliphatic carbocycles. The first-order valence-corrected chi connectivity index (χ1v) is 8.32. The van der Waals surface area contributed by atoms with Crippen molar-refractivity contribution >= 4 is 11.8 Å². The van der Waals surface area contributed by atoms with E-state index < -0.39 is 5.43 Å². The summed E-state index contributed by atoms with van der Waals surface area (Å²) in [5.74, 6) is -0.199. The molecule has 0 bridgehead atoms. The molecule has 0 spiro atoms. The molecule has 24 heavy (non-hydrogen) atoms. The summed E-state index contributed by atoms with van der Waals surface area (Å²) < 4.78 is 1.60. The first-order chi connectivity index (χ1) is 11.4. The maximum Gasteiger partial charge on any atom is 0.225 e. The van der Waals surface area contributed by atoms with Crippen LogP contribution in [0.25, 0.3) is 0 Å². The molecule has 2 fully saturated rings. The van der Waals surface area contributed by atoms with Crippen LogP contribution in [0.5, 0.6) is 5.75 Å². The number of nitrogens with zero attached hydrogens (tertiary/aromatic N) is 2. The zero-order valence-electron chi connectivity index (χ0n) is 14.0. The third kappa shape index (κ3) is 3.29. The highest BCUT2D eigenvalue weighted by Gasteiger charge is 2.41. The molecular weight excluding hydrogens is 310 g/mol. The molecule has 2 amide bonds. The first kappa shape index (κ1) is 16.5. The van der Waals surface area contributed by atoms with Crippen LogP contribution in [0.2, 0.25) is 0 Å². The molecule has 3 rings (SSSR count). The van der Waals surface area contributed by atoms with Gasteiger partial charge in [-0.2, -0.15) is 0 Å². The second kappa shape index (κ2) is 6.30. The van der Waals surface area contributed by atoms with Crippen molar-refractivity contribution in [3.63, 3.8) is 0 Å². The van der Waals surface area contributed by atoms with Gasteiger partial charge in [0.05, 0.1) is 12.5 Å². The van der Waals surface area contributed by atoms with E-state index in [2.05, 4.69) is 12.2 Å². The van der Waals surface area contributed by atoms with Gasteiger partial charge in [-0.3, -0.25) is 14.4 Å². The van der Waals surface area contributed by atoms with Crippen molar-refractivity contribution in [2.75, 3.05) is 6.54 Å². The van der Waals surface area contributed by atoms with Crippen LogP contribution in [0.3, 0.4) is 0 Å². The fraction of sp³-hybridized carbons (Fsp3) is 0.588. The van der Waals surface area contributed by atoms with Crippen LogP contribution >= 0.6 is 0 Å². The van der Waals surface area contributed by atoms with Crippen molar-refractivity contribution in [2.24, 2.45) is 18.9 Å². The number of rotatable bonds is 5. The third-order valence-electron chi connectivity index (χ3n) is 5.09. The van der Waals surface area contributed by atoms with Crippen LogP contribution in [-0.4, -0.2) is 39.0 Å². The topological polar surface area (TPSA) is 91.6 Å². The van der Waals surface area contributed by atoms with Crippen molar-refractivity contribution in [3.8, 4) is 5.75 Å². The van der Waals surface area contributed by atoms with Gasteiger partial charge in [-0.25, -0.2) is 0 Å². The van der Waals surface area contributed by atoms with Gasteiger partial charge < -0.3 is 19.9 Å². The Morgan fingerprint density at radius 2 is 2.12 bits per heavy atom. The molecule has 1 saturated carbocycles. The van der Waals surface area contributed by atoms with Gasteiger partial charge in [-0.1, -0.05) is 0 Å². The average molecular weight is 333 g/mol. The van der Waals surface area contributed by atoms with Crippen molar-refractivity contribution < 1.29 is 14.7 Å². The number of likely N-dealkylation sites (tertiary alicyclic amines) is 1. The molecule has 2 N–H and O–H groups in total. The average Bonchev–Trinajstić information content (AvgIpc) is 3.31. The standard InChI is InChI=1S/C17H23N3O4/c1-10(11-3-4-11)20-8-12(5-16(20)23)17(24)18-7-13-6-14(21)15(22)9-19(13)2/h6,9-12,22H,3-5,7-8H2,1-2H3,(H,18,24). The molecule has 130 valence electrons. The number of carbonyl (C=O) groups is 2. The van der Waals surface area contributed by atoms with Crippen LogP contribution in [0, 0.1) is 11.8 Å². The van der Waals surface area contributed by atoms with Gasteiger partial charge in [0.1, 0.15) is 0 Å². The van der Waals surface area contributed by atoms with Gasteiger partial charge >= 0.3 is 0 Å². The van der Waals surface area contributed by atoms with E-state index in [1.807, 2.05) is 4.90 Å². The monoisotopic (exact) mass is 333 g/mol. The smallest absolute Gasteiger partial charge is 0.225 e. The van der Waals surface area contributed by atoms with E-state index in [4.69, 9.17) is 0 Å². The molecular formula is C17H23N3O4. The van der Waals surface area contributed by atoms with Crippen molar-refractivity contribution in [1.29, 1.82) is 0 Å². The number of carbonyl (C=O) groups excluding carboxylic acids is 2. The molecule has 1 aliphatic heterocycles. The Balaban J connectivity index is 1.59. The summed E-state index contributed by atoms with van der Waals surface area (Å²) in [5.41, 5.74) is 0.122. The Morgan fingerprint density at radius 1 is 1.42 bits per heavy atom. The van der Waals surface area contributed by atoms with Crippen molar-refractivity contribution in [1.82, 2.24) is 14.8 Å². The van der Waals surface area contributed by atoms with Crippen LogP contribution in [0.15, 0.2) is 17.1 Å². The Morgan fingerprint density at radius 3 is 2.79 bits per heavy atom. The number of aromatic hydroxyl groups is 1. The summed E-state index contributed by atoms with van der Waals surface area (Å²) in [6.45, 7) is 2.71. The number of nitrogens with one attached hydrogen (secondary N) is 1. The second-order valence-corrected chi connectivity index (χ2v) is 6.87. The number of aromatic nitrogens is 1. The number of hydrogen-bond donors (Lipinski definition) is 2. The maximum atomic E-state index is 12.4. The number of pyridine rings is 1. The first-order valence-electron chi connectivity index (χ1n) is 8.32. The lowest BCUT2D eigenvalue weighted by atomic mass is 10.1. The fourth-order valence-electron chi connectivity index (χ4n) is 3.29. The van der Waals surface area contributed by atoms with E-state index in [0.29, 0.717) is 18.2 Å². The van der Waals surface area contributed by atoms with E-state index >= 15 is 0 Å². The molecule has 7 nitrogen and oxygen atoms in total. The van der Waals surface area contributed by atoms with Crippen molar-refractivity contribution in [3.05, 3.63) is 28.2 Å². The summed E-state index contributed by atoms with van der Waals surface area (Å²) in [6, 6.07) is 1.52. The van der Waals surface area contributed by atoms with Crippen LogP contribution in [0.1, 0.15) is 31.9 Å². The lowest BCUT2D eigenvalue weighted by molar-refractivity contribution is -0.130. The highest BCUT2D eigenvalue weighted by Crippen LogP contribution is 2.37. The Hall–Kier alpha value is -2.31. The van der Waals surface area contributed by atoms with E-state index in [-0.39, 0.29) is 42.5 Å². The second-order valence-electron chi connectivity index (χ2n) is 6.87. The minimum atomic E-state index is -0.474. The Labute approximate surface area is 140 Å². The molecule has 1 aromatic heterocycles. The van der Waals surface area contributed by atoms with Crippen LogP contribution in [0.4, 0.5) is 0 Å². The molecule has 2 atom stereocenters. The van der Waals surface area contributed by atoms with Gasteiger partial charge in [0.25, 0.3) is 0 Å². The quantitative estimate of drug-likeness (QED) is 0.813. The van der Waals surface area contributed by atoms with Gasteiger partial charge in [0.2, 0.25) is 17.2 Å². The summed E-state index contributed by atoms with van der Waals surface area (Å²) >= 11 is 0. The van der Waals surface area contributed by atoms with E-state index in [1.54, 1.807) is 11.6 Å². The fourth-order valence-corrected chi connectivity index (χ4v) is 3.29. The summed E-state index contributed by atoms with van der Waals surface area (Å²) in [6.07, 6.45) is 3.90. The number of amides is 2. The van der Waals surface area contributed by atoms with Crippen molar-refractivity contribution in [2.45, 2.75) is 38.8 Å². The summed E-state index contributed by atoms with van der Waals surface area (Å²) in [7, 11) is 1.69. The zero-order chi connectivity index (χ0) is 17.4. The van der Waals surface area contributed by atoms with E-state index in [1.165, 1.54) is 12.3 Å². The minimum Gasteiger partial charge on any atom is -0.503 e. The largest absolute Gasteiger partial charge is 0.503 e. The van der Waals surface area contributed by atoms with Gasteiger partial charge in [-0.05, 0) is 25.7 Å². The van der Waals surface area contributed by atoms with E-state index in [9.17, 15) is 19.5 Å². The molecule has 2 aliphatic rings. The van der Waals surface area contributed by atoms with Crippen LogP contribution in [-0.2, 0) is 23.2 Å². The van der Waals surface area contributed by atoms with E-state index in [0.717, 1.165) is 12.8 Å². The van der Waals surface area contributed by atoms with Gasteiger partial charge in [0.15, 0.2) is 5.75 Å². The summed E-state index contributed by atoms with van der Waals surface area (Å²) in [5, 5.41) is 12.2. The van der Waals surface area contributed by atoms with Gasteiger partial charge in [0, 0.05) is 44.0 Å². The Kier molecular flexibility index (Phi) is 4.34. The Bertz CT molecular complexity index is 723. The number of aryl methyl sites for hydroxylation is 1. The van der Waals surface area contributed by atoms with Gasteiger partial charge in [-0.15, -0.1) is 0 Å². The highest BCUT2D eigenvalue weighted by molar-refractivity contribution is 5.89.